The van der Waals surface area contributed by atoms with Crippen molar-refractivity contribution in [3.63, 3.8) is 0 Å². The summed E-state index contributed by atoms with van der Waals surface area (Å²) in [6.07, 6.45) is 9.85. The minimum absolute atomic E-state index is 0.393. The van der Waals surface area contributed by atoms with Gasteiger partial charge < -0.3 is 13.6 Å². The van der Waals surface area contributed by atoms with Crippen LogP contribution >= 0.6 is 0 Å². The Balaban J connectivity index is 1.25. The quantitative estimate of drug-likeness (QED) is 0.205. The summed E-state index contributed by atoms with van der Waals surface area (Å²) in [5, 5.41) is 7.33. The number of benzene rings is 6. The number of allylic oxidation sites excluding steroid dienone is 4. The summed E-state index contributed by atoms with van der Waals surface area (Å²) in [6, 6.07) is 46.3. The molecule has 45 heavy (non-hydrogen) atoms. The zero-order valence-electron chi connectivity index (χ0n) is 24.5. The first-order chi connectivity index (χ1) is 22.3. The van der Waals surface area contributed by atoms with Gasteiger partial charge in [-0.25, -0.2) is 0 Å². The van der Waals surface area contributed by atoms with Crippen molar-refractivity contribution in [1.29, 1.82) is 0 Å². The second-order valence-electron chi connectivity index (χ2n) is 12.1. The first-order valence-electron chi connectivity index (χ1n) is 15.6. The van der Waals surface area contributed by atoms with E-state index in [2.05, 4.69) is 161 Å². The molecule has 3 heterocycles. The molecule has 6 aromatic carbocycles. The fourth-order valence-corrected chi connectivity index (χ4v) is 7.63. The van der Waals surface area contributed by atoms with Crippen molar-refractivity contribution in [1.82, 2.24) is 9.13 Å². The minimum Gasteiger partial charge on any atom is -0.456 e. The molecule has 0 saturated heterocycles. The highest BCUT2D eigenvalue weighted by atomic mass is 16.3. The molecule has 0 bridgehead atoms. The fraction of sp³-hybridized carbons (Fsp3) is 0.0476. The van der Waals surface area contributed by atoms with E-state index in [1.54, 1.807) is 0 Å². The smallest absolute Gasteiger partial charge is 0.135 e. The first-order valence-corrected chi connectivity index (χ1v) is 15.6. The maximum absolute atomic E-state index is 6.35. The van der Waals surface area contributed by atoms with E-state index in [-0.39, 0.29) is 0 Å². The topological polar surface area (TPSA) is 23.0 Å². The molecule has 1 aliphatic rings. The summed E-state index contributed by atoms with van der Waals surface area (Å²) in [7, 11) is 0. The van der Waals surface area contributed by atoms with Crippen LogP contribution in [-0.4, -0.2) is 9.13 Å². The number of fused-ring (bicyclic) bond motifs is 9. The molecule has 3 aromatic heterocycles. The second-order valence-corrected chi connectivity index (χ2v) is 12.1. The molecule has 1 aliphatic carbocycles. The summed E-state index contributed by atoms with van der Waals surface area (Å²) in [6.45, 7) is 0. The standard InChI is InChI=1S/C42H28N2O/c1-2-11-27(12-3-1)28-21-23-40-33(25-28)34-26-29(22-24-41(34)45-40)43-37-18-9-6-15-32(37)42-38(43)19-10-20-39(42)44-35-16-7-4-13-30(35)31-14-5-8-17-36(31)44/h1-11,13-27H,12H2. The van der Waals surface area contributed by atoms with Gasteiger partial charge in [0.25, 0.3) is 0 Å². The molecular weight excluding hydrogens is 548 g/mol. The van der Waals surface area contributed by atoms with Crippen LogP contribution in [0, 0.1) is 0 Å². The number of hydrogen-bond acceptors (Lipinski definition) is 1. The largest absolute Gasteiger partial charge is 0.456 e. The summed E-state index contributed by atoms with van der Waals surface area (Å²) >= 11 is 0. The van der Waals surface area contributed by atoms with E-state index in [4.69, 9.17) is 4.42 Å². The van der Waals surface area contributed by atoms with E-state index in [0.717, 1.165) is 28.7 Å². The molecule has 3 heteroatoms. The Hall–Kier alpha value is -5.80. The van der Waals surface area contributed by atoms with E-state index < -0.39 is 0 Å². The van der Waals surface area contributed by atoms with Crippen molar-refractivity contribution in [2.45, 2.75) is 12.3 Å². The Morgan fingerprint density at radius 2 is 1.16 bits per heavy atom. The van der Waals surface area contributed by atoms with Crippen LogP contribution in [0.3, 0.4) is 0 Å². The summed E-state index contributed by atoms with van der Waals surface area (Å²) < 4.78 is 11.2. The van der Waals surface area contributed by atoms with Crippen LogP contribution in [-0.2, 0) is 0 Å². The molecule has 0 saturated carbocycles. The SMILES string of the molecule is C1=CCC(c2ccc3oc4ccc(-n5c6ccccc6c6c(-n7c8ccccc8c8ccccc87)cccc65)cc4c3c2)C=C1. The monoisotopic (exact) mass is 576 g/mol. The Bertz CT molecular complexity index is 2640. The Morgan fingerprint density at radius 3 is 1.89 bits per heavy atom. The highest BCUT2D eigenvalue weighted by Crippen LogP contribution is 2.41. The first kappa shape index (κ1) is 24.6. The number of hydrogen-bond donors (Lipinski definition) is 0. The van der Waals surface area contributed by atoms with Gasteiger partial charge in [-0.2, -0.15) is 0 Å². The van der Waals surface area contributed by atoms with Gasteiger partial charge in [0.15, 0.2) is 0 Å². The highest BCUT2D eigenvalue weighted by Gasteiger charge is 2.20. The third-order valence-corrected chi connectivity index (χ3v) is 9.64. The molecule has 10 rings (SSSR count). The Morgan fingerprint density at radius 1 is 0.511 bits per heavy atom. The number of aromatic nitrogens is 2. The summed E-state index contributed by atoms with van der Waals surface area (Å²) in [5.74, 6) is 0.393. The average molecular weight is 577 g/mol. The van der Waals surface area contributed by atoms with E-state index in [1.165, 1.54) is 60.2 Å². The average Bonchev–Trinajstić information content (AvgIpc) is 3.76. The fourth-order valence-electron chi connectivity index (χ4n) is 7.63. The van der Waals surface area contributed by atoms with Gasteiger partial charge in [-0.15, -0.1) is 0 Å². The molecular formula is C42H28N2O. The van der Waals surface area contributed by atoms with Gasteiger partial charge >= 0.3 is 0 Å². The lowest BCUT2D eigenvalue weighted by molar-refractivity contribution is 0.668. The van der Waals surface area contributed by atoms with Gasteiger partial charge in [0.1, 0.15) is 11.2 Å². The molecule has 0 spiro atoms. The molecule has 9 aromatic rings. The zero-order chi connectivity index (χ0) is 29.5. The molecule has 3 nitrogen and oxygen atoms in total. The van der Waals surface area contributed by atoms with Crippen molar-refractivity contribution in [2.75, 3.05) is 0 Å². The van der Waals surface area contributed by atoms with Gasteiger partial charge in [-0.05, 0) is 72.6 Å². The normalized spacial score (nSPS) is 15.1. The van der Waals surface area contributed by atoms with Crippen LogP contribution in [0.5, 0.6) is 0 Å². The van der Waals surface area contributed by atoms with E-state index >= 15 is 0 Å². The predicted molar refractivity (Wildman–Crippen MR) is 188 cm³/mol. The van der Waals surface area contributed by atoms with E-state index in [9.17, 15) is 0 Å². The molecule has 1 unspecified atom stereocenters. The predicted octanol–water partition coefficient (Wildman–Crippen LogP) is 11.4. The van der Waals surface area contributed by atoms with E-state index in [0.29, 0.717) is 5.92 Å². The molecule has 1 atom stereocenters. The van der Waals surface area contributed by atoms with Gasteiger partial charge in [0, 0.05) is 43.9 Å². The van der Waals surface area contributed by atoms with Crippen molar-refractivity contribution >= 4 is 65.6 Å². The number of para-hydroxylation sites is 3. The summed E-state index contributed by atoms with van der Waals surface area (Å²) in [5.41, 5.74) is 10.3. The van der Waals surface area contributed by atoms with Crippen LogP contribution in [0.15, 0.2) is 156 Å². The van der Waals surface area contributed by atoms with Crippen LogP contribution < -0.4 is 0 Å². The maximum Gasteiger partial charge on any atom is 0.135 e. The minimum atomic E-state index is 0.393. The molecule has 0 N–H and O–H groups in total. The van der Waals surface area contributed by atoms with Crippen LogP contribution in [0.1, 0.15) is 17.9 Å². The molecule has 212 valence electrons. The summed E-state index contributed by atoms with van der Waals surface area (Å²) in [4.78, 5) is 0. The van der Waals surface area contributed by atoms with Crippen molar-refractivity contribution in [2.24, 2.45) is 0 Å². The Labute approximate surface area is 259 Å². The second kappa shape index (κ2) is 9.35. The van der Waals surface area contributed by atoms with Gasteiger partial charge in [-0.3, -0.25) is 0 Å². The van der Waals surface area contributed by atoms with Crippen LogP contribution in [0.2, 0.25) is 0 Å². The third-order valence-electron chi connectivity index (χ3n) is 9.64. The van der Waals surface area contributed by atoms with Gasteiger partial charge in [-0.1, -0.05) is 91.0 Å². The molecule has 0 radical (unpaired) electrons. The Kier molecular flexibility index (Phi) is 5.11. The lowest BCUT2D eigenvalue weighted by Gasteiger charge is -2.13. The zero-order valence-corrected chi connectivity index (χ0v) is 24.5. The number of furan rings is 1. The van der Waals surface area contributed by atoms with E-state index in [1.807, 2.05) is 0 Å². The van der Waals surface area contributed by atoms with Gasteiger partial charge in [0.05, 0.1) is 27.8 Å². The number of rotatable bonds is 3. The maximum atomic E-state index is 6.35. The third kappa shape index (κ3) is 3.52. The van der Waals surface area contributed by atoms with Crippen molar-refractivity contribution < 1.29 is 4.42 Å². The number of nitrogens with zero attached hydrogens (tertiary/aromatic N) is 2. The lowest BCUT2D eigenvalue weighted by Crippen LogP contribution is -1.96. The van der Waals surface area contributed by atoms with Crippen molar-refractivity contribution in [3.05, 3.63) is 157 Å². The molecule has 0 aliphatic heterocycles. The van der Waals surface area contributed by atoms with Crippen LogP contribution in [0.4, 0.5) is 0 Å². The van der Waals surface area contributed by atoms with Crippen molar-refractivity contribution in [3.8, 4) is 11.4 Å². The highest BCUT2D eigenvalue weighted by molar-refractivity contribution is 6.16. The van der Waals surface area contributed by atoms with Gasteiger partial charge in [0.2, 0.25) is 0 Å². The molecule has 0 amide bonds. The van der Waals surface area contributed by atoms with Crippen LogP contribution in [0.25, 0.3) is 76.9 Å². The molecule has 0 fully saturated rings. The lowest BCUT2D eigenvalue weighted by atomic mass is 9.91.